The van der Waals surface area contributed by atoms with Gasteiger partial charge in [0.2, 0.25) is 0 Å². The van der Waals surface area contributed by atoms with Crippen LogP contribution in [0.1, 0.15) is 24.2 Å². The number of pyridine rings is 1. The van der Waals surface area contributed by atoms with Crippen LogP contribution in [0.2, 0.25) is 0 Å². The van der Waals surface area contributed by atoms with Crippen molar-refractivity contribution in [2.45, 2.75) is 26.2 Å². The van der Waals surface area contributed by atoms with Crippen LogP contribution in [0.25, 0.3) is 0 Å². The summed E-state index contributed by atoms with van der Waals surface area (Å²) >= 11 is 0. The number of aryl methyl sites for hydroxylation is 1. The molecule has 15 heavy (non-hydrogen) atoms. The molecule has 3 nitrogen and oxygen atoms in total. The van der Waals surface area contributed by atoms with E-state index >= 15 is 0 Å². The zero-order valence-corrected chi connectivity index (χ0v) is 9.20. The fraction of sp³-hybridized carbons (Fsp3) is 0.583. The number of nitrogens with zero attached hydrogens (tertiary/aromatic N) is 1. The van der Waals surface area contributed by atoms with Gasteiger partial charge in [-0.2, -0.15) is 0 Å². The first kappa shape index (κ1) is 10.6. The van der Waals surface area contributed by atoms with Crippen LogP contribution in [-0.4, -0.2) is 18.1 Å². The van der Waals surface area contributed by atoms with Crippen molar-refractivity contribution in [3.63, 3.8) is 0 Å². The Labute approximate surface area is 90.8 Å². The highest BCUT2D eigenvalue weighted by molar-refractivity contribution is 5.10. The van der Waals surface area contributed by atoms with Crippen molar-refractivity contribution in [1.29, 1.82) is 0 Å². The lowest BCUT2D eigenvalue weighted by Crippen LogP contribution is -2.21. The van der Waals surface area contributed by atoms with E-state index in [9.17, 15) is 0 Å². The van der Waals surface area contributed by atoms with Crippen LogP contribution in [0.3, 0.4) is 0 Å². The molecule has 0 bridgehead atoms. The minimum Gasteiger partial charge on any atom is -0.302 e. The lowest BCUT2D eigenvalue weighted by Gasteiger charge is -2.12. The molecule has 1 aromatic heterocycles. The maximum Gasteiger partial charge on any atom is 0.0682 e. The Hall–Kier alpha value is -0.930. The second-order valence-electron chi connectivity index (χ2n) is 4.18. The van der Waals surface area contributed by atoms with Crippen LogP contribution in [0.4, 0.5) is 0 Å². The largest absolute Gasteiger partial charge is 0.302 e. The van der Waals surface area contributed by atoms with E-state index in [1.54, 1.807) is 0 Å². The minimum atomic E-state index is 0.654. The predicted octanol–water partition coefficient (Wildman–Crippen LogP) is 1.86. The third-order valence-electron chi connectivity index (χ3n) is 2.78. The molecule has 1 fully saturated rings. The molecule has 1 aliphatic heterocycles. The average molecular weight is 206 g/mol. The van der Waals surface area contributed by atoms with Crippen molar-refractivity contribution in [3.05, 3.63) is 29.6 Å². The van der Waals surface area contributed by atoms with Gasteiger partial charge < -0.3 is 4.84 Å². The third-order valence-corrected chi connectivity index (χ3v) is 2.78. The molecular formula is C12H18N2O. The Balaban J connectivity index is 1.95. The summed E-state index contributed by atoms with van der Waals surface area (Å²) in [6, 6.07) is 6.23. The van der Waals surface area contributed by atoms with E-state index in [2.05, 4.69) is 22.6 Å². The fourth-order valence-corrected chi connectivity index (χ4v) is 1.98. The van der Waals surface area contributed by atoms with Gasteiger partial charge in [0.25, 0.3) is 0 Å². The molecule has 82 valence electrons. The second kappa shape index (κ2) is 5.24. The van der Waals surface area contributed by atoms with Crippen LogP contribution in [-0.2, 0) is 11.3 Å². The van der Waals surface area contributed by atoms with Gasteiger partial charge in [0.15, 0.2) is 0 Å². The van der Waals surface area contributed by atoms with Gasteiger partial charge in [-0.15, -0.1) is 0 Å². The molecule has 0 aliphatic carbocycles. The van der Waals surface area contributed by atoms with Gasteiger partial charge in [0, 0.05) is 17.9 Å². The molecule has 0 aromatic carbocycles. The molecule has 0 saturated carbocycles. The SMILES string of the molecule is Cc1cccc(CC2CCCONC2)n1. The first-order valence-electron chi connectivity index (χ1n) is 5.62. The van der Waals surface area contributed by atoms with E-state index in [0.29, 0.717) is 5.92 Å². The summed E-state index contributed by atoms with van der Waals surface area (Å²) in [6.07, 6.45) is 3.42. The third kappa shape index (κ3) is 3.29. The van der Waals surface area contributed by atoms with Gasteiger partial charge >= 0.3 is 0 Å². The van der Waals surface area contributed by atoms with Gasteiger partial charge in [-0.1, -0.05) is 6.07 Å². The van der Waals surface area contributed by atoms with Crippen LogP contribution in [0, 0.1) is 12.8 Å². The van der Waals surface area contributed by atoms with E-state index in [0.717, 1.165) is 31.7 Å². The topological polar surface area (TPSA) is 34.1 Å². The number of aromatic nitrogens is 1. The minimum absolute atomic E-state index is 0.654. The smallest absolute Gasteiger partial charge is 0.0682 e. The maximum absolute atomic E-state index is 5.22. The van der Waals surface area contributed by atoms with Crippen LogP contribution in [0.15, 0.2) is 18.2 Å². The monoisotopic (exact) mass is 206 g/mol. The lowest BCUT2D eigenvalue weighted by atomic mass is 9.98. The van der Waals surface area contributed by atoms with Gasteiger partial charge in [-0.25, -0.2) is 5.48 Å². The van der Waals surface area contributed by atoms with Crippen LogP contribution < -0.4 is 5.48 Å². The molecule has 2 heterocycles. The van der Waals surface area contributed by atoms with Gasteiger partial charge in [0.1, 0.15) is 0 Å². The zero-order valence-electron chi connectivity index (χ0n) is 9.20. The molecule has 3 heteroatoms. The summed E-state index contributed by atoms with van der Waals surface area (Å²) in [5.74, 6) is 0.654. The van der Waals surface area contributed by atoms with E-state index < -0.39 is 0 Å². The van der Waals surface area contributed by atoms with E-state index in [4.69, 9.17) is 4.84 Å². The highest BCUT2D eigenvalue weighted by Crippen LogP contribution is 2.14. The number of nitrogens with one attached hydrogen (secondary N) is 1. The normalized spacial score (nSPS) is 22.3. The fourth-order valence-electron chi connectivity index (χ4n) is 1.98. The first-order valence-corrected chi connectivity index (χ1v) is 5.62. The standard InChI is InChI=1S/C12H18N2O/c1-10-4-2-6-12(14-10)8-11-5-3-7-15-13-9-11/h2,4,6,11,13H,3,5,7-9H2,1H3. The molecule has 0 spiro atoms. The molecule has 2 rings (SSSR count). The van der Waals surface area contributed by atoms with Crippen LogP contribution >= 0.6 is 0 Å². The summed E-state index contributed by atoms with van der Waals surface area (Å²) in [7, 11) is 0. The molecule has 1 aliphatic rings. The lowest BCUT2D eigenvalue weighted by molar-refractivity contribution is 0.0491. The Bertz CT molecular complexity index is 306. The van der Waals surface area contributed by atoms with Crippen LogP contribution in [0.5, 0.6) is 0 Å². The zero-order chi connectivity index (χ0) is 10.5. The van der Waals surface area contributed by atoms with Crippen molar-refractivity contribution in [3.8, 4) is 0 Å². The average Bonchev–Trinajstić information content (AvgIpc) is 2.46. The molecule has 1 saturated heterocycles. The molecule has 1 unspecified atom stereocenters. The quantitative estimate of drug-likeness (QED) is 0.802. The number of hydrogen-bond acceptors (Lipinski definition) is 3. The van der Waals surface area contributed by atoms with Crippen molar-refractivity contribution in [2.24, 2.45) is 5.92 Å². The van der Waals surface area contributed by atoms with Crippen molar-refractivity contribution in [1.82, 2.24) is 10.5 Å². The van der Waals surface area contributed by atoms with Gasteiger partial charge in [0.05, 0.1) is 6.61 Å². The molecule has 1 N–H and O–H groups in total. The Morgan fingerprint density at radius 2 is 2.47 bits per heavy atom. The molecule has 1 atom stereocenters. The van der Waals surface area contributed by atoms with Crippen molar-refractivity contribution >= 4 is 0 Å². The summed E-state index contributed by atoms with van der Waals surface area (Å²) in [5, 5.41) is 0. The maximum atomic E-state index is 5.22. The summed E-state index contributed by atoms with van der Waals surface area (Å²) in [5.41, 5.74) is 5.30. The Morgan fingerprint density at radius 1 is 1.53 bits per heavy atom. The molecule has 1 aromatic rings. The van der Waals surface area contributed by atoms with Gasteiger partial charge in [-0.05, 0) is 44.2 Å². The number of hydrogen-bond donors (Lipinski definition) is 1. The van der Waals surface area contributed by atoms with E-state index in [-0.39, 0.29) is 0 Å². The Morgan fingerprint density at radius 3 is 3.33 bits per heavy atom. The summed E-state index contributed by atoms with van der Waals surface area (Å²) in [6.45, 7) is 3.81. The van der Waals surface area contributed by atoms with Gasteiger partial charge in [-0.3, -0.25) is 4.98 Å². The molecule has 0 amide bonds. The molecule has 0 radical (unpaired) electrons. The predicted molar refractivity (Wildman–Crippen MR) is 59.4 cm³/mol. The molecular weight excluding hydrogens is 188 g/mol. The van der Waals surface area contributed by atoms with Crippen molar-refractivity contribution in [2.75, 3.05) is 13.2 Å². The number of hydroxylamine groups is 1. The summed E-state index contributed by atoms with van der Waals surface area (Å²) < 4.78 is 0. The highest BCUT2D eigenvalue weighted by atomic mass is 16.6. The second-order valence-corrected chi connectivity index (χ2v) is 4.18. The van der Waals surface area contributed by atoms with E-state index in [1.165, 1.54) is 12.1 Å². The first-order chi connectivity index (χ1) is 7.34. The highest BCUT2D eigenvalue weighted by Gasteiger charge is 2.13. The van der Waals surface area contributed by atoms with Crippen molar-refractivity contribution < 1.29 is 4.84 Å². The number of rotatable bonds is 2. The summed E-state index contributed by atoms with van der Waals surface area (Å²) in [4.78, 5) is 9.75. The van der Waals surface area contributed by atoms with E-state index in [1.807, 2.05) is 13.0 Å². The Kier molecular flexibility index (Phi) is 3.69.